The van der Waals surface area contributed by atoms with Gasteiger partial charge in [0, 0.05) is 19.8 Å². The molecule has 7 nitrogen and oxygen atoms in total. The lowest BCUT2D eigenvalue weighted by atomic mass is 10.4. The first-order valence-electron chi connectivity index (χ1n) is 5.76. The fourth-order valence-electron chi connectivity index (χ4n) is 1.52. The maximum atomic E-state index is 11.8. The van der Waals surface area contributed by atoms with Gasteiger partial charge in [-0.1, -0.05) is 6.92 Å². The molecule has 0 aliphatic heterocycles. The Hall–Kier alpha value is -2.05. The Bertz CT molecular complexity index is 416. The van der Waals surface area contributed by atoms with Crippen molar-refractivity contribution in [2.24, 2.45) is 7.05 Å². The zero-order chi connectivity index (χ0) is 13.5. The number of hydrogen-bond acceptors (Lipinski definition) is 3. The number of carbonyl (C=O) groups is 2. The number of carbonyl (C=O) groups excluding carboxylic acids is 1. The minimum atomic E-state index is -1.02. The maximum absolute atomic E-state index is 11.8. The van der Waals surface area contributed by atoms with Gasteiger partial charge >= 0.3 is 12.0 Å². The molecule has 0 unspecified atom stereocenters. The minimum absolute atomic E-state index is 0.290. The van der Waals surface area contributed by atoms with Gasteiger partial charge in [-0.15, -0.1) is 0 Å². The van der Waals surface area contributed by atoms with Crippen LogP contribution in [0.1, 0.15) is 19.0 Å². The third-order valence-corrected chi connectivity index (χ3v) is 2.30. The summed E-state index contributed by atoms with van der Waals surface area (Å²) in [7, 11) is 1.79. The first-order valence-corrected chi connectivity index (χ1v) is 5.76. The number of hydrogen-bond donors (Lipinski definition) is 2. The Labute approximate surface area is 105 Å². The summed E-state index contributed by atoms with van der Waals surface area (Å²) in [6, 6.07) is 1.41. The fourth-order valence-corrected chi connectivity index (χ4v) is 1.52. The van der Waals surface area contributed by atoms with Crippen LogP contribution < -0.4 is 5.32 Å². The average Bonchev–Trinajstić information content (AvgIpc) is 2.71. The topological polar surface area (TPSA) is 87.5 Å². The summed E-state index contributed by atoms with van der Waals surface area (Å²) in [6.07, 6.45) is 2.49. The zero-order valence-electron chi connectivity index (χ0n) is 10.6. The van der Waals surface area contributed by atoms with Crippen LogP contribution in [-0.4, -0.2) is 44.9 Å². The van der Waals surface area contributed by atoms with E-state index in [1.807, 2.05) is 6.92 Å². The predicted octanol–water partition coefficient (Wildman–Crippen LogP) is 0.426. The van der Waals surface area contributed by atoms with Crippen molar-refractivity contribution >= 4 is 12.0 Å². The van der Waals surface area contributed by atoms with E-state index >= 15 is 0 Å². The number of amides is 2. The Balaban J connectivity index is 2.48. The highest BCUT2D eigenvalue weighted by Gasteiger charge is 2.15. The molecule has 0 spiro atoms. The lowest BCUT2D eigenvalue weighted by Crippen LogP contribution is -2.42. The van der Waals surface area contributed by atoms with E-state index in [2.05, 4.69) is 10.4 Å². The molecule has 100 valence electrons. The predicted molar refractivity (Wildman–Crippen MR) is 64.9 cm³/mol. The molecular weight excluding hydrogens is 236 g/mol. The first-order chi connectivity index (χ1) is 8.52. The molecule has 0 aromatic carbocycles. The van der Waals surface area contributed by atoms with Crippen LogP contribution in [0.15, 0.2) is 12.3 Å². The van der Waals surface area contributed by atoms with Crippen LogP contribution in [0, 0.1) is 0 Å². The van der Waals surface area contributed by atoms with Gasteiger partial charge in [-0.2, -0.15) is 5.10 Å². The Morgan fingerprint density at radius 2 is 2.28 bits per heavy atom. The second-order valence-electron chi connectivity index (χ2n) is 3.95. The molecule has 0 aliphatic carbocycles. The standard InChI is InChI=1S/C11H18N4O3/c1-3-5-15(8-10(16)17)11(18)12-7-9-4-6-14(2)13-9/h4,6H,3,5,7-8H2,1-2H3,(H,12,18)(H,16,17). The normalized spacial score (nSPS) is 10.1. The number of nitrogens with zero attached hydrogens (tertiary/aromatic N) is 3. The third kappa shape index (κ3) is 4.44. The highest BCUT2D eigenvalue weighted by Crippen LogP contribution is 1.96. The molecule has 1 rings (SSSR count). The highest BCUT2D eigenvalue weighted by molar-refractivity contribution is 5.79. The van der Waals surface area contributed by atoms with Gasteiger partial charge in [0.2, 0.25) is 0 Å². The van der Waals surface area contributed by atoms with Gasteiger partial charge in [0.1, 0.15) is 6.54 Å². The van der Waals surface area contributed by atoms with Gasteiger partial charge in [0.05, 0.1) is 12.2 Å². The molecule has 7 heteroatoms. The van der Waals surface area contributed by atoms with Crippen molar-refractivity contribution in [2.75, 3.05) is 13.1 Å². The molecule has 0 bridgehead atoms. The van der Waals surface area contributed by atoms with Crippen LogP contribution in [0.5, 0.6) is 0 Å². The van der Waals surface area contributed by atoms with Crippen LogP contribution >= 0.6 is 0 Å². The first kappa shape index (κ1) is 14.0. The molecule has 0 saturated heterocycles. The van der Waals surface area contributed by atoms with Gasteiger partial charge in [0.25, 0.3) is 0 Å². The second-order valence-corrected chi connectivity index (χ2v) is 3.95. The smallest absolute Gasteiger partial charge is 0.323 e. The third-order valence-electron chi connectivity index (χ3n) is 2.30. The molecular formula is C11H18N4O3. The Morgan fingerprint density at radius 3 is 2.78 bits per heavy atom. The summed E-state index contributed by atoms with van der Waals surface area (Å²) >= 11 is 0. The molecule has 2 N–H and O–H groups in total. The van der Waals surface area contributed by atoms with Crippen molar-refractivity contribution in [1.29, 1.82) is 0 Å². The number of urea groups is 1. The van der Waals surface area contributed by atoms with Gasteiger partial charge < -0.3 is 15.3 Å². The molecule has 1 aromatic heterocycles. The van der Waals surface area contributed by atoms with Crippen LogP contribution in [0.2, 0.25) is 0 Å². The van der Waals surface area contributed by atoms with Crippen molar-refractivity contribution in [1.82, 2.24) is 20.0 Å². The molecule has 0 aliphatic rings. The molecule has 0 saturated carbocycles. The molecule has 18 heavy (non-hydrogen) atoms. The largest absolute Gasteiger partial charge is 0.480 e. The van der Waals surface area contributed by atoms with Crippen LogP contribution in [0.25, 0.3) is 0 Å². The lowest BCUT2D eigenvalue weighted by molar-refractivity contribution is -0.137. The van der Waals surface area contributed by atoms with Crippen LogP contribution in [-0.2, 0) is 18.4 Å². The molecule has 2 amide bonds. The van der Waals surface area contributed by atoms with Crippen molar-refractivity contribution < 1.29 is 14.7 Å². The van der Waals surface area contributed by atoms with E-state index in [0.29, 0.717) is 19.5 Å². The minimum Gasteiger partial charge on any atom is -0.480 e. The monoisotopic (exact) mass is 254 g/mol. The number of aryl methyl sites for hydroxylation is 1. The number of rotatable bonds is 6. The van der Waals surface area contributed by atoms with E-state index in [9.17, 15) is 9.59 Å². The molecule has 1 aromatic rings. The summed E-state index contributed by atoms with van der Waals surface area (Å²) in [6.45, 7) is 2.31. The second kappa shape index (κ2) is 6.63. The number of nitrogens with one attached hydrogen (secondary N) is 1. The number of aromatic nitrogens is 2. The number of carboxylic acid groups (broad SMARTS) is 1. The lowest BCUT2D eigenvalue weighted by Gasteiger charge is -2.20. The maximum Gasteiger partial charge on any atom is 0.323 e. The van der Waals surface area contributed by atoms with Crippen molar-refractivity contribution in [3.05, 3.63) is 18.0 Å². The van der Waals surface area contributed by atoms with E-state index < -0.39 is 5.97 Å². The van der Waals surface area contributed by atoms with E-state index in [4.69, 9.17) is 5.11 Å². The van der Waals surface area contributed by atoms with E-state index in [0.717, 1.165) is 5.69 Å². The summed E-state index contributed by atoms with van der Waals surface area (Å²) in [5.74, 6) is -1.02. The summed E-state index contributed by atoms with van der Waals surface area (Å²) in [4.78, 5) is 23.7. The van der Waals surface area contributed by atoms with Crippen LogP contribution in [0.3, 0.4) is 0 Å². The average molecular weight is 254 g/mol. The van der Waals surface area contributed by atoms with Gasteiger partial charge in [0.15, 0.2) is 0 Å². The summed E-state index contributed by atoms with van der Waals surface area (Å²) in [5.41, 5.74) is 0.734. The van der Waals surface area contributed by atoms with E-state index in [-0.39, 0.29) is 12.6 Å². The Kier molecular flexibility index (Phi) is 5.16. The van der Waals surface area contributed by atoms with Crippen LogP contribution in [0.4, 0.5) is 4.79 Å². The fraction of sp³-hybridized carbons (Fsp3) is 0.545. The van der Waals surface area contributed by atoms with Gasteiger partial charge in [-0.3, -0.25) is 9.48 Å². The van der Waals surface area contributed by atoms with E-state index in [1.54, 1.807) is 24.0 Å². The SMILES string of the molecule is CCCN(CC(=O)O)C(=O)NCc1ccn(C)n1. The highest BCUT2D eigenvalue weighted by atomic mass is 16.4. The number of aliphatic carboxylic acids is 1. The van der Waals surface area contributed by atoms with Gasteiger partial charge in [-0.25, -0.2) is 4.79 Å². The summed E-state index contributed by atoms with van der Waals surface area (Å²) < 4.78 is 1.64. The Morgan fingerprint density at radius 1 is 1.56 bits per heavy atom. The number of carboxylic acids is 1. The van der Waals surface area contributed by atoms with Gasteiger partial charge in [-0.05, 0) is 12.5 Å². The molecule has 0 atom stereocenters. The molecule has 0 fully saturated rings. The van der Waals surface area contributed by atoms with Crippen molar-refractivity contribution in [3.8, 4) is 0 Å². The molecule has 1 heterocycles. The van der Waals surface area contributed by atoms with Crippen molar-refractivity contribution in [3.63, 3.8) is 0 Å². The molecule has 0 radical (unpaired) electrons. The van der Waals surface area contributed by atoms with Crippen molar-refractivity contribution in [2.45, 2.75) is 19.9 Å². The van der Waals surface area contributed by atoms with E-state index in [1.165, 1.54) is 4.90 Å². The zero-order valence-corrected chi connectivity index (χ0v) is 10.6. The summed E-state index contributed by atoms with van der Waals surface area (Å²) in [5, 5.41) is 15.5. The quantitative estimate of drug-likeness (QED) is 0.770.